The Morgan fingerprint density at radius 1 is 1.40 bits per heavy atom. The minimum Gasteiger partial charge on any atom is -0.375 e. The maximum atomic E-state index is 5.97. The van der Waals surface area contributed by atoms with Gasteiger partial charge in [-0.2, -0.15) is 0 Å². The van der Waals surface area contributed by atoms with E-state index in [0.29, 0.717) is 29.1 Å². The van der Waals surface area contributed by atoms with Gasteiger partial charge < -0.3 is 10.1 Å². The fraction of sp³-hybridized carbons (Fsp3) is 0.667. The van der Waals surface area contributed by atoms with E-state index >= 15 is 0 Å². The first-order chi connectivity index (χ1) is 9.61. The Labute approximate surface area is 125 Å². The maximum Gasteiger partial charge on any atom is 0.126 e. The van der Waals surface area contributed by atoms with E-state index in [2.05, 4.69) is 29.0 Å². The third-order valence-corrected chi connectivity index (χ3v) is 4.49. The van der Waals surface area contributed by atoms with E-state index in [-0.39, 0.29) is 0 Å². The number of halogens is 1. The van der Waals surface area contributed by atoms with Crippen molar-refractivity contribution in [2.45, 2.75) is 38.5 Å². The number of aromatic nitrogens is 1. The van der Waals surface area contributed by atoms with Gasteiger partial charge in [0.2, 0.25) is 0 Å². The number of hydrogen-bond donors (Lipinski definition) is 1. The number of hydrogen-bond acceptors (Lipinski definition) is 4. The van der Waals surface area contributed by atoms with Crippen LogP contribution in [-0.2, 0) is 4.74 Å². The van der Waals surface area contributed by atoms with Crippen molar-refractivity contribution in [3.8, 4) is 0 Å². The van der Waals surface area contributed by atoms with Crippen LogP contribution in [0.15, 0.2) is 18.3 Å². The second-order valence-electron chi connectivity index (χ2n) is 6.16. The van der Waals surface area contributed by atoms with Crippen LogP contribution < -0.4 is 5.32 Å². The molecule has 2 aliphatic heterocycles. The van der Waals surface area contributed by atoms with Gasteiger partial charge in [-0.3, -0.25) is 4.90 Å². The molecule has 3 heterocycles. The van der Waals surface area contributed by atoms with Crippen molar-refractivity contribution in [3.05, 3.63) is 23.4 Å². The van der Waals surface area contributed by atoms with Gasteiger partial charge in [0.1, 0.15) is 5.82 Å². The molecule has 5 heteroatoms. The first kappa shape index (κ1) is 14.1. The van der Waals surface area contributed by atoms with Crippen LogP contribution in [0.25, 0.3) is 0 Å². The summed E-state index contributed by atoms with van der Waals surface area (Å²) in [7, 11) is 0. The Kier molecular flexibility index (Phi) is 4.15. The molecule has 20 heavy (non-hydrogen) atoms. The van der Waals surface area contributed by atoms with E-state index in [1.54, 1.807) is 6.20 Å². The lowest BCUT2D eigenvalue weighted by Gasteiger charge is -2.36. The highest BCUT2D eigenvalue weighted by Crippen LogP contribution is 2.27. The Hall–Kier alpha value is -0.840. The van der Waals surface area contributed by atoms with Crippen LogP contribution in [0.5, 0.6) is 0 Å². The van der Waals surface area contributed by atoms with Crippen LogP contribution in [-0.4, -0.2) is 47.8 Å². The van der Waals surface area contributed by atoms with E-state index in [9.17, 15) is 0 Å². The van der Waals surface area contributed by atoms with Crippen molar-refractivity contribution < 1.29 is 4.74 Å². The summed E-state index contributed by atoms with van der Waals surface area (Å²) in [6.45, 7) is 7.44. The Morgan fingerprint density at radius 3 is 2.95 bits per heavy atom. The predicted octanol–water partition coefficient (Wildman–Crippen LogP) is 2.64. The summed E-state index contributed by atoms with van der Waals surface area (Å²) in [5.74, 6) is 1.49. The van der Waals surface area contributed by atoms with Crippen molar-refractivity contribution in [1.82, 2.24) is 9.88 Å². The average molecular weight is 296 g/mol. The van der Waals surface area contributed by atoms with Crippen LogP contribution in [0, 0.1) is 5.92 Å². The third kappa shape index (κ3) is 3.08. The second kappa shape index (κ2) is 5.88. The molecule has 0 amide bonds. The monoisotopic (exact) mass is 295 g/mol. The molecule has 3 atom stereocenters. The highest BCUT2D eigenvalue weighted by molar-refractivity contribution is 6.30. The Balaban J connectivity index is 1.58. The Morgan fingerprint density at radius 2 is 2.25 bits per heavy atom. The highest BCUT2D eigenvalue weighted by Gasteiger charge is 2.38. The minimum atomic E-state index is 0.374. The summed E-state index contributed by atoms with van der Waals surface area (Å²) >= 11 is 5.86. The van der Waals surface area contributed by atoms with Gasteiger partial charge >= 0.3 is 0 Å². The second-order valence-corrected chi connectivity index (χ2v) is 6.60. The molecule has 0 bridgehead atoms. The molecule has 0 aliphatic carbocycles. The highest BCUT2D eigenvalue weighted by atomic mass is 35.5. The van der Waals surface area contributed by atoms with Crippen molar-refractivity contribution in [3.63, 3.8) is 0 Å². The van der Waals surface area contributed by atoms with Gasteiger partial charge in [-0.25, -0.2) is 4.98 Å². The van der Waals surface area contributed by atoms with Gasteiger partial charge in [0.15, 0.2) is 0 Å². The molecular weight excluding hydrogens is 274 g/mol. The molecule has 3 rings (SSSR count). The standard InChI is InChI=1S/C15H22ClN3O/c1-10(2)14-8-19-7-12(5-13(19)9-20-14)18-15-4-3-11(16)6-17-15/h3-4,6,10,12-14H,5,7-9H2,1-2H3,(H,17,18)/t12-,13+,14-/m1/s1. The summed E-state index contributed by atoms with van der Waals surface area (Å²) in [5, 5.41) is 4.18. The van der Waals surface area contributed by atoms with Gasteiger partial charge in [0.05, 0.1) is 17.7 Å². The first-order valence-electron chi connectivity index (χ1n) is 7.35. The SMILES string of the molecule is CC(C)[C@H]1CN2C[C@H](Nc3ccc(Cl)cn3)C[C@H]2CO1. The predicted molar refractivity (Wildman–Crippen MR) is 81.2 cm³/mol. The molecule has 1 aromatic rings. The summed E-state index contributed by atoms with van der Waals surface area (Å²) in [6, 6.07) is 4.81. The van der Waals surface area contributed by atoms with Gasteiger partial charge in [0.25, 0.3) is 0 Å². The summed E-state index contributed by atoms with van der Waals surface area (Å²) in [6.07, 6.45) is 3.18. The number of nitrogens with zero attached hydrogens (tertiary/aromatic N) is 2. The summed E-state index contributed by atoms with van der Waals surface area (Å²) < 4.78 is 5.97. The van der Waals surface area contributed by atoms with E-state index < -0.39 is 0 Å². The normalized spacial score (nSPS) is 30.5. The van der Waals surface area contributed by atoms with Crippen LogP contribution in [0.4, 0.5) is 5.82 Å². The van der Waals surface area contributed by atoms with Gasteiger partial charge in [-0.05, 0) is 24.5 Å². The van der Waals surface area contributed by atoms with Crippen molar-refractivity contribution in [2.75, 3.05) is 25.0 Å². The number of rotatable bonds is 3. The molecule has 0 aromatic carbocycles. The fourth-order valence-corrected chi connectivity index (χ4v) is 3.19. The fourth-order valence-electron chi connectivity index (χ4n) is 3.08. The van der Waals surface area contributed by atoms with Crippen molar-refractivity contribution in [2.24, 2.45) is 5.92 Å². The van der Waals surface area contributed by atoms with Crippen LogP contribution in [0.2, 0.25) is 5.02 Å². The molecule has 2 fully saturated rings. The molecule has 1 N–H and O–H groups in total. The van der Waals surface area contributed by atoms with E-state index in [1.807, 2.05) is 12.1 Å². The smallest absolute Gasteiger partial charge is 0.126 e. The summed E-state index contributed by atoms with van der Waals surface area (Å²) in [4.78, 5) is 6.87. The van der Waals surface area contributed by atoms with Crippen molar-refractivity contribution in [1.29, 1.82) is 0 Å². The minimum absolute atomic E-state index is 0.374. The van der Waals surface area contributed by atoms with Gasteiger partial charge in [-0.15, -0.1) is 0 Å². The van der Waals surface area contributed by atoms with Gasteiger partial charge in [0, 0.05) is 31.4 Å². The van der Waals surface area contributed by atoms with Crippen LogP contribution in [0.3, 0.4) is 0 Å². The average Bonchev–Trinajstić information content (AvgIpc) is 2.82. The molecule has 2 saturated heterocycles. The van der Waals surface area contributed by atoms with Gasteiger partial charge in [-0.1, -0.05) is 25.4 Å². The number of pyridine rings is 1. The van der Waals surface area contributed by atoms with Crippen LogP contribution >= 0.6 is 11.6 Å². The number of morpholine rings is 1. The molecule has 1 aromatic heterocycles. The lowest BCUT2D eigenvalue weighted by Crippen LogP contribution is -2.48. The van der Waals surface area contributed by atoms with Crippen molar-refractivity contribution >= 4 is 17.4 Å². The zero-order valence-corrected chi connectivity index (χ0v) is 12.8. The molecule has 0 saturated carbocycles. The molecular formula is C15H22ClN3O. The first-order valence-corrected chi connectivity index (χ1v) is 7.73. The van der Waals surface area contributed by atoms with E-state index in [4.69, 9.17) is 16.3 Å². The molecule has 2 aliphatic rings. The quantitative estimate of drug-likeness (QED) is 0.930. The zero-order valence-electron chi connectivity index (χ0n) is 12.1. The summed E-state index contributed by atoms with van der Waals surface area (Å²) in [5.41, 5.74) is 0. The lowest BCUT2D eigenvalue weighted by molar-refractivity contribution is -0.0683. The number of anilines is 1. The molecule has 4 nitrogen and oxygen atoms in total. The van der Waals surface area contributed by atoms with E-state index in [1.165, 1.54) is 0 Å². The number of fused-ring (bicyclic) bond motifs is 1. The maximum absolute atomic E-state index is 5.97. The number of nitrogens with one attached hydrogen (secondary N) is 1. The molecule has 0 radical (unpaired) electrons. The topological polar surface area (TPSA) is 37.4 Å². The number of ether oxygens (including phenoxy) is 1. The Bertz CT molecular complexity index is 451. The molecule has 0 spiro atoms. The van der Waals surface area contributed by atoms with Crippen LogP contribution in [0.1, 0.15) is 20.3 Å². The largest absolute Gasteiger partial charge is 0.375 e. The lowest BCUT2D eigenvalue weighted by atomic mass is 10.0. The zero-order chi connectivity index (χ0) is 14.1. The third-order valence-electron chi connectivity index (χ3n) is 4.27. The molecule has 0 unspecified atom stereocenters. The molecule has 110 valence electrons. The van der Waals surface area contributed by atoms with E-state index in [0.717, 1.165) is 31.9 Å².